The van der Waals surface area contributed by atoms with Crippen LogP contribution in [0.1, 0.15) is 5.56 Å². The molecule has 94 valence electrons. The van der Waals surface area contributed by atoms with Crippen LogP contribution in [0.25, 0.3) is 11.1 Å². The molecule has 0 unspecified atom stereocenters. The fraction of sp³-hybridized carbons (Fsp3) is 0.235. The molecule has 0 amide bonds. The number of ether oxygens (including phenoxy) is 1. The molecule has 3 rings (SSSR count). The summed E-state index contributed by atoms with van der Waals surface area (Å²) in [6.45, 7) is 1.12. The van der Waals surface area contributed by atoms with Crippen molar-refractivity contribution in [1.82, 2.24) is 0 Å². The van der Waals surface area contributed by atoms with E-state index in [0.717, 1.165) is 6.42 Å². The molecule has 0 spiro atoms. The van der Waals surface area contributed by atoms with Gasteiger partial charge in [-0.15, -0.1) is 0 Å². The third-order valence-electron chi connectivity index (χ3n) is 3.60. The lowest BCUT2D eigenvalue weighted by Gasteiger charge is -2.35. The largest absolute Gasteiger partial charge is 0.378 e. The summed E-state index contributed by atoms with van der Waals surface area (Å²) in [5.74, 6) is 0. The van der Waals surface area contributed by atoms with E-state index < -0.39 is 0 Å². The summed E-state index contributed by atoms with van der Waals surface area (Å²) >= 11 is 0. The Morgan fingerprint density at radius 1 is 0.947 bits per heavy atom. The maximum Gasteiger partial charge on any atom is 0.108 e. The molecule has 0 bridgehead atoms. The molecular formula is C17H15NO. The van der Waals surface area contributed by atoms with E-state index in [1.54, 1.807) is 0 Å². The molecule has 1 saturated heterocycles. The highest BCUT2D eigenvalue weighted by molar-refractivity contribution is 5.63. The molecule has 2 aromatic rings. The highest BCUT2D eigenvalue weighted by Crippen LogP contribution is 2.31. The van der Waals surface area contributed by atoms with Crippen molar-refractivity contribution >= 4 is 0 Å². The van der Waals surface area contributed by atoms with Crippen molar-refractivity contribution in [1.29, 1.82) is 5.26 Å². The Hall–Kier alpha value is -2.11. The van der Waals surface area contributed by atoms with Crippen molar-refractivity contribution in [2.75, 3.05) is 13.2 Å². The zero-order valence-electron chi connectivity index (χ0n) is 10.7. The topological polar surface area (TPSA) is 33.0 Å². The van der Waals surface area contributed by atoms with E-state index in [0.29, 0.717) is 13.2 Å². The maximum atomic E-state index is 9.20. The molecule has 1 heterocycles. The Bertz CT molecular complexity index is 591. The third-order valence-corrected chi connectivity index (χ3v) is 3.60. The van der Waals surface area contributed by atoms with Gasteiger partial charge in [0, 0.05) is 0 Å². The lowest BCUT2D eigenvalue weighted by atomic mass is 9.81. The Kier molecular flexibility index (Phi) is 3.06. The zero-order valence-corrected chi connectivity index (χ0v) is 10.7. The molecule has 0 radical (unpaired) electrons. The van der Waals surface area contributed by atoms with E-state index in [1.807, 2.05) is 18.2 Å². The first-order valence-corrected chi connectivity index (χ1v) is 6.45. The average Bonchev–Trinajstić information content (AvgIpc) is 2.45. The normalized spacial score (nSPS) is 16.4. The van der Waals surface area contributed by atoms with Gasteiger partial charge in [0.15, 0.2) is 0 Å². The van der Waals surface area contributed by atoms with E-state index in [1.165, 1.54) is 16.7 Å². The molecule has 1 aliphatic rings. The van der Waals surface area contributed by atoms with Crippen molar-refractivity contribution in [3.05, 3.63) is 60.2 Å². The summed E-state index contributed by atoms with van der Waals surface area (Å²) < 4.78 is 5.17. The molecule has 0 saturated carbocycles. The number of rotatable bonds is 3. The highest BCUT2D eigenvalue weighted by Gasteiger charge is 2.38. The van der Waals surface area contributed by atoms with Crippen molar-refractivity contribution in [3.8, 4) is 17.2 Å². The SMILES string of the molecule is N#CC1(Cc2ccc(-c3ccccc3)cc2)COC1. The van der Waals surface area contributed by atoms with Gasteiger partial charge < -0.3 is 4.74 Å². The van der Waals surface area contributed by atoms with Crippen LogP contribution in [0.4, 0.5) is 0 Å². The van der Waals surface area contributed by atoms with E-state index in [-0.39, 0.29) is 5.41 Å². The highest BCUT2D eigenvalue weighted by atomic mass is 16.5. The molecule has 2 nitrogen and oxygen atoms in total. The summed E-state index contributed by atoms with van der Waals surface area (Å²) in [7, 11) is 0. The van der Waals surface area contributed by atoms with Crippen LogP contribution in [0.5, 0.6) is 0 Å². The minimum absolute atomic E-state index is 0.297. The van der Waals surface area contributed by atoms with Crippen LogP contribution < -0.4 is 0 Å². The number of hydrogen-bond acceptors (Lipinski definition) is 2. The summed E-state index contributed by atoms with van der Waals surface area (Å²) in [5.41, 5.74) is 3.33. The Labute approximate surface area is 113 Å². The Morgan fingerprint density at radius 2 is 1.58 bits per heavy atom. The Morgan fingerprint density at radius 3 is 2.11 bits per heavy atom. The first-order chi connectivity index (χ1) is 9.31. The fourth-order valence-electron chi connectivity index (χ4n) is 2.39. The van der Waals surface area contributed by atoms with Gasteiger partial charge in [0.25, 0.3) is 0 Å². The number of nitriles is 1. The molecule has 0 atom stereocenters. The van der Waals surface area contributed by atoms with Crippen LogP contribution in [0.3, 0.4) is 0 Å². The molecule has 0 aromatic heterocycles. The van der Waals surface area contributed by atoms with Gasteiger partial charge in [0.05, 0.1) is 19.3 Å². The quantitative estimate of drug-likeness (QED) is 0.834. The summed E-state index contributed by atoms with van der Waals surface area (Å²) in [5, 5.41) is 9.20. The minimum atomic E-state index is -0.297. The Balaban J connectivity index is 1.78. The van der Waals surface area contributed by atoms with Crippen LogP contribution in [-0.4, -0.2) is 13.2 Å². The first kappa shape index (κ1) is 12.0. The average molecular weight is 249 g/mol. The fourth-order valence-corrected chi connectivity index (χ4v) is 2.39. The van der Waals surface area contributed by atoms with Crippen LogP contribution in [0, 0.1) is 16.7 Å². The maximum absolute atomic E-state index is 9.20. The zero-order chi connectivity index (χ0) is 13.1. The second-order valence-electron chi connectivity index (χ2n) is 5.12. The van der Waals surface area contributed by atoms with Crippen LogP contribution in [0.2, 0.25) is 0 Å². The van der Waals surface area contributed by atoms with Crippen LogP contribution >= 0.6 is 0 Å². The van der Waals surface area contributed by atoms with E-state index in [9.17, 15) is 5.26 Å². The monoisotopic (exact) mass is 249 g/mol. The van der Waals surface area contributed by atoms with Crippen molar-refractivity contribution in [3.63, 3.8) is 0 Å². The van der Waals surface area contributed by atoms with E-state index in [4.69, 9.17) is 4.74 Å². The second-order valence-corrected chi connectivity index (χ2v) is 5.12. The summed E-state index contributed by atoms with van der Waals surface area (Å²) in [4.78, 5) is 0. The minimum Gasteiger partial charge on any atom is -0.378 e. The predicted octanol–water partition coefficient (Wildman–Crippen LogP) is 3.44. The molecule has 2 aromatic carbocycles. The molecule has 19 heavy (non-hydrogen) atoms. The van der Waals surface area contributed by atoms with Crippen molar-refractivity contribution < 1.29 is 4.74 Å². The third kappa shape index (κ3) is 2.38. The molecule has 1 aliphatic heterocycles. The molecule has 2 heteroatoms. The molecule has 0 N–H and O–H groups in total. The smallest absolute Gasteiger partial charge is 0.108 e. The number of nitrogens with zero attached hydrogens (tertiary/aromatic N) is 1. The summed E-state index contributed by atoms with van der Waals surface area (Å²) in [6, 6.07) is 21.2. The van der Waals surface area contributed by atoms with Crippen LogP contribution in [0.15, 0.2) is 54.6 Å². The van der Waals surface area contributed by atoms with Crippen LogP contribution in [-0.2, 0) is 11.2 Å². The van der Waals surface area contributed by atoms with Gasteiger partial charge in [0.2, 0.25) is 0 Å². The van der Waals surface area contributed by atoms with Crippen molar-refractivity contribution in [2.24, 2.45) is 5.41 Å². The standard InChI is InChI=1S/C17H15NO/c18-11-17(12-19-13-17)10-14-6-8-16(9-7-14)15-4-2-1-3-5-15/h1-9H,10,12-13H2. The molecule has 1 fully saturated rings. The molecular weight excluding hydrogens is 234 g/mol. The van der Waals surface area contributed by atoms with Gasteiger partial charge in [0.1, 0.15) is 5.41 Å². The van der Waals surface area contributed by atoms with Crippen molar-refractivity contribution in [2.45, 2.75) is 6.42 Å². The van der Waals surface area contributed by atoms with E-state index >= 15 is 0 Å². The van der Waals surface area contributed by atoms with Gasteiger partial charge >= 0.3 is 0 Å². The number of hydrogen-bond donors (Lipinski definition) is 0. The van der Waals surface area contributed by atoms with E-state index in [2.05, 4.69) is 42.5 Å². The second kappa shape index (κ2) is 4.87. The first-order valence-electron chi connectivity index (χ1n) is 6.45. The van der Waals surface area contributed by atoms with Gasteiger partial charge in [-0.05, 0) is 23.1 Å². The van der Waals surface area contributed by atoms with Gasteiger partial charge in [-0.1, -0.05) is 54.6 Å². The predicted molar refractivity (Wildman–Crippen MR) is 74.4 cm³/mol. The lowest BCUT2D eigenvalue weighted by Crippen LogP contribution is -2.43. The van der Waals surface area contributed by atoms with Gasteiger partial charge in [-0.2, -0.15) is 5.26 Å². The molecule has 0 aliphatic carbocycles. The lowest BCUT2D eigenvalue weighted by molar-refractivity contribution is -0.0765. The summed E-state index contributed by atoms with van der Waals surface area (Å²) in [6.07, 6.45) is 0.776. The van der Waals surface area contributed by atoms with Gasteiger partial charge in [-0.3, -0.25) is 0 Å². The number of benzene rings is 2. The van der Waals surface area contributed by atoms with Gasteiger partial charge in [-0.25, -0.2) is 0 Å².